The van der Waals surface area contributed by atoms with Crippen molar-refractivity contribution in [2.75, 3.05) is 5.32 Å². The first-order chi connectivity index (χ1) is 12.7. The second-order valence-corrected chi connectivity index (χ2v) is 5.38. The van der Waals surface area contributed by atoms with E-state index in [0.29, 0.717) is 22.8 Å². The van der Waals surface area contributed by atoms with Crippen molar-refractivity contribution in [1.82, 2.24) is 0 Å². The highest BCUT2D eigenvalue weighted by molar-refractivity contribution is 6.09. The number of nitrogens with zero attached hydrogens (tertiary/aromatic N) is 2. The maximum absolute atomic E-state index is 12.3. The lowest BCUT2D eigenvalue weighted by Crippen LogP contribution is -2.13. The van der Waals surface area contributed by atoms with Gasteiger partial charge in [-0.05, 0) is 36.4 Å². The number of hydrogen-bond acceptors (Lipinski definition) is 4. The summed E-state index contributed by atoms with van der Waals surface area (Å²) in [5.74, 6) is 0.520. The van der Waals surface area contributed by atoms with Gasteiger partial charge < -0.3 is 9.73 Å². The van der Waals surface area contributed by atoms with Gasteiger partial charge in [-0.15, -0.1) is 0 Å². The predicted molar refractivity (Wildman–Crippen MR) is 97.5 cm³/mol. The molecule has 0 bridgehead atoms. The van der Waals surface area contributed by atoms with Gasteiger partial charge in [-0.1, -0.05) is 30.3 Å². The molecule has 1 amide bonds. The van der Waals surface area contributed by atoms with Crippen LogP contribution in [-0.4, -0.2) is 5.91 Å². The lowest BCUT2D eigenvalue weighted by Gasteiger charge is -2.03. The molecule has 0 saturated heterocycles. The lowest BCUT2D eigenvalue weighted by molar-refractivity contribution is -0.112. The zero-order valence-electron chi connectivity index (χ0n) is 13.6. The van der Waals surface area contributed by atoms with E-state index in [-0.39, 0.29) is 5.57 Å². The minimum Gasteiger partial charge on any atom is -0.457 e. The third kappa shape index (κ3) is 3.87. The summed E-state index contributed by atoms with van der Waals surface area (Å²) in [5, 5.41) is 20.7. The molecular formula is C21H13N3O2. The van der Waals surface area contributed by atoms with Crippen LogP contribution in [0.15, 0.2) is 76.7 Å². The van der Waals surface area contributed by atoms with Crippen LogP contribution < -0.4 is 5.32 Å². The van der Waals surface area contributed by atoms with E-state index in [9.17, 15) is 10.1 Å². The number of carbonyl (C=O) groups is 1. The summed E-state index contributed by atoms with van der Waals surface area (Å²) in [6, 6.07) is 23.3. The highest BCUT2D eigenvalue weighted by atomic mass is 16.3. The number of nitrogens with one attached hydrogen (secondary N) is 1. The molecule has 5 heteroatoms. The molecular weight excluding hydrogens is 326 g/mol. The summed E-state index contributed by atoms with van der Waals surface area (Å²) >= 11 is 0. The van der Waals surface area contributed by atoms with Gasteiger partial charge in [-0.2, -0.15) is 10.5 Å². The van der Waals surface area contributed by atoms with Crippen molar-refractivity contribution in [3.63, 3.8) is 0 Å². The Balaban J connectivity index is 1.77. The normalized spacial score (nSPS) is 10.6. The molecule has 5 nitrogen and oxygen atoms in total. The van der Waals surface area contributed by atoms with E-state index in [1.54, 1.807) is 36.4 Å². The third-order valence-electron chi connectivity index (χ3n) is 3.61. The van der Waals surface area contributed by atoms with E-state index >= 15 is 0 Å². The van der Waals surface area contributed by atoms with E-state index in [1.807, 2.05) is 42.5 Å². The van der Waals surface area contributed by atoms with Gasteiger partial charge in [0.25, 0.3) is 5.91 Å². The van der Waals surface area contributed by atoms with Crippen LogP contribution in [0.1, 0.15) is 11.3 Å². The SMILES string of the molecule is N#C/C(=C\c1ccc(-c2ccccc2)o1)C(=O)Nc1ccc(C#N)cc1. The molecule has 0 fully saturated rings. The summed E-state index contributed by atoms with van der Waals surface area (Å²) < 4.78 is 5.69. The first-order valence-electron chi connectivity index (χ1n) is 7.78. The first kappa shape index (κ1) is 16.8. The van der Waals surface area contributed by atoms with Crippen LogP contribution >= 0.6 is 0 Å². The summed E-state index contributed by atoms with van der Waals surface area (Å²) in [5.41, 5.74) is 1.82. The van der Waals surface area contributed by atoms with Crippen LogP contribution in [0.4, 0.5) is 5.69 Å². The van der Waals surface area contributed by atoms with Crippen LogP contribution in [0.3, 0.4) is 0 Å². The number of nitriles is 2. The van der Waals surface area contributed by atoms with E-state index in [0.717, 1.165) is 5.56 Å². The molecule has 1 heterocycles. The Morgan fingerprint density at radius 1 is 0.962 bits per heavy atom. The molecule has 0 unspecified atom stereocenters. The van der Waals surface area contributed by atoms with Crippen LogP contribution in [0.5, 0.6) is 0 Å². The van der Waals surface area contributed by atoms with Crippen LogP contribution in [0.2, 0.25) is 0 Å². The van der Waals surface area contributed by atoms with Gasteiger partial charge in [0.05, 0.1) is 11.6 Å². The Bertz CT molecular complexity index is 1030. The number of rotatable bonds is 4. The van der Waals surface area contributed by atoms with Gasteiger partial charge in [-0.3, -0.25) is 4.79 Å². The fourth-order valence-electron chi connectivity index (χ4n) is 2.31. The molecule has 1 N–H and O–H groups in total. The Morgan fingerprint density at radius 2 is 1.69 bits per heavy atom. The Morgan fingerprint density at radius 3 is 2.35 bits per heavy atom. The van der Waals surface area contributed by atoms with Gasteiger partial charge in [-0.25, -0.2) is 0 Å². The average Bonchev–Trinajstić information content (AvgIpc) is 3.16. The monoisotopic (exact) mass is 339 g/mol. The third-order valence-corrected chi connectivity index (χ3v) is 3.61. The maximum atomic E-state index is 12.3. The number of anilines is 1. The van der Waals surface area contributed by atoms with Crippen molar-refractivity contribution in [1.29, 1.82) is 10.5 Å². The number of hydrogen-bond donors (Lipinski definition) is 1. The lowest BCUT2D eigenvalue weighted by atomic mass is 10.2. The molecule has 3 aromatic rings. The minimum atomic E-state index is -0.546. The molecule has 0 spiro atoms. The molecule has 0 atom stereocenters. The van der Waals surface area contributed by atoms with E-state index in [2.05, 4.69) is 5.32 Å². The smallest absolute Gasteiger partial charge is 0.266 e. The predicted octanol–water partition coefficient (Wildman–Crippen LogP) is 4.36. The van der Waals surface area contributed by atoms with E-state index in [1.165, 1.54) is 6.08 Å². The summed E-state index contributed by atoms with van der Waals surface area (Å²) in [4.78, 5) is 12.3. The molecule has 26 heavy (non-hydrogen) atoms. The van der Waals surface area contributed by atoms with Crippen LogP contribution in [0.25, 0.3) is 17.4 Å². The molecule has 2 aromatic carbocycles. The number of benzene rings is 2. The molecule has 0 aliphatic carbocycles. The van der Waals surface area contributed by atoms with Gasteiger partial charge in [0.2, 0.25) is 0 Å². The number of furan rings is 1. The zero-order chi connectivity index (χ0) is 18.4. The zero-order valence-corrected chi connectivity index (χ0v) is 13.6. The van der Waals surface area contributed by atoms with Crippen molar-refractivity contribution in [3.8, 4) is 23.5 Å². The first-order valence-corrected chi connectivity index (χ1v) is 7.78. The fourth-order valence-corrected chi connectivity index (χ4v) is 2.31. The van der Waals surface area contributed by atoms with Crippen molar-refractivity contribution >= 4 is 17.7 Å². The summed E-state index contributed by atoms with van der Waals surface area (Å²) in [6.45, 7) is 0. The Kier molecular flexibility index (Phi) is 4.93. The average molecular weight is 339 g/mol. The number of carbonyl (C=O) groups excluding carboxylic acids is 1. The molecule has 124 valence electrons. The highest BCUT2D eigenvalue weighted by Gasteiger charge is 2.11. The van der Waals surface area contributed by atoms with Gasteiger partial charge in [0.15, 0.2) is 0 Å². The van der Waals surface area contributed by atoms with Crippen LogP contribution in [-0.2, 0) is 4.79 Å². The van der Waals surface area contributed by atoms with Gasteiger partial charge in [0.1, 0.15) is 23.2 Å². The van der Waals surface area contributed by atoms with E-state index < -0.39 is 5.91 Å². The molecule has 0 aliphatic rings. The minimum absolute atomic E-state index is 0.0803. The summed E-state index contributed by atoms with van der Waals surface area (Å²) in [6.07, 6.45) is 1.39. The van der Waals surface area contributed by atoms with Gasteiger partial charge >= 0.3 is 0 Å². The Labute approximate surface area is 150 Å². The molecule has 0 aliphatic heterocycles. The van der Waals surface area contributed by atoms with Crippen molar-refractivity contribution in [2.45, 2.75) is 0 Å². The highest BCUT2D eigenvalue weighted by Crippen LogP contribution is 2.23. The quantitative estimate of drug-likeness (QED) is 0.565. The molecule has 3 rings (SSSR count). The molecule has 1 aromatic heterocycles. The standard InChI is InChI=1S/C21H13N3O2/c22-13-15-6-8-18(9-7-15)24-21(25)17(14-23)12-19-10-11-20(26-19)16-4-2-1-3-5-16/h1-12H,(H,24,25)/b17-12+. The van der Waals surface area contributed by atoms with Crippen molar-refractivity contribution in [3.05, 3.63) is 83.6 Å². The second-order valence-electron chi connectivity index (χ2n) is 5.38. The van der Waals surface area contributed by atoms with Crippen molar-refractivity contribution < 1.29 is 9.21 Å². The second kappa shape index (κ2) is 7.65. The molecule has 0 radical (unpaired) electrons. The number of amides is 1. The maximum Gasteiger partial charge on any atom is 0.266 e. The van der Waals surface area contributed by atoms with Crippen LogP contribution in [0, 0.1) is 22.7 Å². The topological polar surface area (TPSA) is 89.8 Å². The summed E-state index contributed by atoms with van der Waals surface area (Å²) in [7, 11) is 0. The fraction of sp³-hybridized carbons (Fsp3) is 0. The largest absolute Gasteiger partial charge is 0.457 e. The van der Waals surface area contributed by atoms with Gasteiger partial charge in [0, 0.05) is 17.3 Å². The van der Waals surface area contributed by atoms with E-state index in [4.69, 9.17) is 9.68 Å². The molecule has 0 saturated carbocycles. The Hall–Kier alpha value is -4.09. The van der Waals surface area contributed by atoms with Crippen molar-refractivity contribution in [2.24, 2.45) is 0 Å².